The lowest BCUT2D eigenvalue weighted by Crippen LogP contribution is -2.41. The van der Waals surface area contributed by atoms with Crippen molar-refractivity contribution in [2.24, 2.45) is 5.73 Å². The van der Waals surface area contributed by atoms with Crippen LogP contribution in [0.4, 0.5) is 0 Å². The number of nitrogens with two attached hydrogens (primary N) is 1. The Morgan fingerprint density at radius 1 is 1.12 bits per heavy atom. The molecule has 2 aromatic carbocycles. The van der Waals surface area contributed by atoms with Crippen LogP contribution in [0.1, 0.15) is 22.3 Å². The van der Waals surface area contributed by atoms with Gasteiger partial charge in [-0.1, -0.05) is 30.3 Å². The monoisotopic (exact) mass is 340 g/mol. The van der Waals surface area contributed by atoms with Gasteiger partial charge in [-0.25, -0.2) is 0 Å². The second-order valence-electron chi connectivity index (χ2n) is 6.00. The molecule has 0 saturated heterocycles. The number of carbonyl (C=O) groups is 2. The molecule has 2 N–H and O–H groups in total. The summed E-state index contributed by atoms with van der Waals surface area (Å²) in [6, 6.07) is 14.4. The molecule has 0 unspecified atom stereocenters. The Kier molecular flexibility index (Phi) is 4.88. The Labute approximate surface area is 146 Å². The summed E-state index contributed by atoms with van der Waals surface area (Å²) in [4.78, 5) is 25.9. The van der Waals surface area contributed by atoms with Crippen molar-refractivity contribution in [2.45, 2.75) is 18.9 Å². The van der Waals surface area contributed by atoms with E-state index in [0.29, 0.717) is 23.5 Å². The second kappa shape index (κ2) is 7.25. The lowest BCUT2D eigenvalue weighted by Gasteiger charge is -2.28. The van der Waals surface area contributed by atoms with Crippen LogP contribution in [0, 0.1) is 0 Å². The number of hydrogen-bond donors (Lipinski definition) is 1. The first-order chi connectivity index (χ1) is 12.0. The van der Waals surface area contributed by atoms with Gasteiger partial charge in [-0.3, -0.25) is 9.59 Å². The fourth-order valence-corrected chi connectivity index (χ4v) is 2.86. The van der Waals surface area contributed by atoms with Crippen LogP contribution in [0.2, 0.25) is 0 Å². The molecule has 3 rings (SSSR count). The molecular formula is C19H20N2O4. The minimum atomic E-state index is -0.439. The molecule has 2 aromatic rings. The standard InChI is InChI=1S/C19H20N2O4/c1-21(15(11-18(20)22)9-13-5-3-2-4-6-13)19(23)14-7-8-16-17(10-14)25-12-24-16/h2-8,10,15H,9,11-12H2,1H3,(H2,20,22)/t15-/m0/s1. The van der Waals surface area contributed by atoms with Gasteiger partial charge in [0, 0.05) is 25.1 Å². The molecule has 130 valence electrons. The number of primary amides is 1. The molecule has 0 fully saturated rings. The van der Waals surface area contributed by atoms with E-state index in [2.05, 4.69) is 0 Å². The number of benzene rings is 2. The van der Waals surface area contributed by atoms with Crippen molar-refractivity contribution >= 4 is 11.8 Å². The molecule has 0 bridgehead atoms. The van der Waals surface area contributed by atoms with E-state index in [0.717, 1.165) is 5.56 Å². The van der Waals surface area contributed by atoms with Gasteiger partial charge in [0.1, 0.15) is 0 Å². The molecule has 1 atom stereocenters. The maximum Gasteiger partial charge on any atom is 0.254 e. The zero-order valence-electron chi connectivity index (χ0n) is 14.0. The molecule has 1 heterocycles. The van der Waals surface area contributed by atoms with Crippen LogP contribution in [0.15, 0.2) is 48.5 Å². The maximum absolute atomic E-state index is 12.8. The van der Waals surface area contributed by atoms with Crippen LogP contribution in [-0.2, 0) is 11.2 Å². The summed E-state index contributed by atoms with van der Waals surface area (Å²) in [5.41, 5.74) is 6.91. The van der Waals surface area contributed by atoms with Gasteiger partial charge in [0.05, 0.1) is 0 Å². The number of carbonyl (C=O) groups excluding carboxylic acids is 2. The lowest BCUT2D eigenvalue weighted by atomic mass is 10.0. The molecule has 25 heavy (non-hydrogen) atoms. The first-order valence-corrected chi connectivity index (χ1v) is 8.03. The molecule has 0 radical (unpaired) electrons. The number of hydrogen-bond acceptors (Lipinski definition) is 4. The van der Waals surface area contributed by atoms with Crippen molar-refractivity contribution in [2.75, 3.05) is 13.8 Å². The highest BCUT2D eigenvalue weighted by atomic mass is 16.7. The molecule has 1 aliphatic rings. The highest BCUT2D eigenvalue weighted by Crippen LogP contribution is 2.33. The number of fused-ring (bicyclic) bond motifs is 1. The molecule has 6 nitrogen and oxygen atoms in total. The zero-order valence-corrected chi connectivity index (χ0v) is 14.0. The van der Waals surface area contributed by atoms with E-state index in [1.54, 1.807) is 30.1 Å². The Morgan fingerprint density at radius 2 is 1.84 bits per heavy atom. The van der Waals surface area contributed by atoms with Crippen molar-refractivity contribution in [3.8, 4) is 11.5 Å². The van der Waals surface area contributed by atoms with E-state index < -0.39 is 5.91 Å². The summed E-state index contributed by atoms with van der Waals surface area (Å²) in [6.45, 7) is 0.154. The molecular weight excluding hydrogens is 320 g/mol. The van der Waals surface area contributed by atoms with Crippen molar-refractivity contribution in [3.05, 3.63) is 59.7 Å². The Bertz CT molecular complexity index is 776. The minimum Gasteiger partial charge on any atom is -0.454 e. The van der Waals surface area contributed by atoms with Crippen LogP contribution in [0.5, 0.6) is 11.5 Å². The third-order valence-electron chi connectivity index (χ3n) is 4.24. The summed E-state index contributed by atoms with van der Waals surface area (Å²) >= 11 is 0. The van der Waals surface area contributed by atoms with Crippen molar-refractivity contribution in [1.29, 1.82) is 0 Å². The second-order valence-corrected chi connectivity index (χ2v) is 6.00. The van der Waals surface area contributed by atoms with Crippen molar-refractivity contribution in [1.82, 2.24) is 4.90 Å². The molecule has 0 aliphatic carbocycles. The molecule has 0 aromatic heterocycles. The van der Waals surface area contributed by atoms with Gasteiger partial charge in [0.15, 0.2) is 11.5 Å². The van der Waals surface area contributed by atoms with E-state index in [4.69, 9.17) is 15.2 Å². The molecule has 0 spiro atoms. The largest absolute Gasteiger partial charge is 0.454 e. The van der Waals surface area contributed by atoms with E-state index in [-0.39, 0.29) is 25.2 Å². The van der Waals surface area contributed by atoms with Gasteiger partial charge in [0.25, 0.3) is 5.91 Å². The van der Waals surface area contributed by atoms with E-state index in [9.17, 15) is 9.59 Å². The predicted molar refractivity (Wildman–Crippen MR) is 92.4 cm³/mol. The highest BCUT2D eigenvalue weighted by molar-refractivity contribution is 5.95. The summed E-state index contributed by atoms with van der Waals surface area (Å²) < 4.78 is 10.6. The SMILES string of the molecule is CN(C(=O)c1ccc2c(c1)OCO2)[C@H](CC(N)=O)Cc1ccccc1. The Hall–Kier alpha value is -3.02. The third-order valence-corrected chi connectivity index (χ3v) is 4.24. The smallest absolute Gasteiger partial charge is 0.254 e. The van der Waals surface area contributed by atoms with Crippen LogP contribution >= 0.6 is 0 Å². The zero-order chi connectivity index (χ0) is 17.8. The Morgan fingerprint density at radius 3 is 2.56 bits per heavy atom. The summed E-state index contributed by atoms with van der Waals surface area (Å²) in [5.74, 6) is 0.540. The van der Waals surface area contributed by atoms with Crippen molar-refractivity contribution in [3.63, 3.8) is 0 Å². The fraction of sp³-hybridized carbons (Fsp3) is 0.263. The van der Waals surface area contributed by atoms with Gasteiger partial charge in [-0.15, -0.1) is 0 Å². The number of ether oxygens (including phenoxy) is 2. The van der Waals surface area contributed by atoms with E-state index in [1.807, 2.05) is 30.3 Å². The molecule has 1 aliphatic heterocycles. The predicted octanol–water partition coefficient (Wildman–Crippen LogP) is 1.97. The van der Waals surface area contributed by atoms with E-state index in [1.165, 1.54) is 0 Å². The maximum atomic E-state index is 12.8. The molecule has 2 amide bonds. The lowest BCUT2D eigenvalue weighted by molar-refractivity contribution is -0.118. The fourth-order valence-electron chi connectivity index (χ4n) is 2.86. The average molecular weight is 340 g/mol. The first kappa shape index (κ1) is 16.8. The number of nitrogens with zero attached hydrogens (tertiary/aromatic N) is 1. The highest BCUT2D eigenvalue weighted by Gasteiger charge is 2.25. The first-order valence-electron chi connectivity index (χ1n) is 8.03. The van der Waals surface area contributed by atoms with Gasteiger partial charge < -0.3 is 20.1 Å². The van der Waals surface area contributed by atoms with Gasteiger partial charge >= 0.3 is 0 Å². The Balaban J connectivity index is 1.79. The molecule has 0 saturated carbocycles. The minimum absolute atomic E-state index is 0.0989. The van der Waals surface area contributed by atoms with E-state index >= 15 is 0 Å². The van der Waals surface area contributed by atoms with Gasteiger partial charge in [-0.05, 0) is 30.2 Å². The number of likely N-dealkylation sites (N-methyl/N-ethyl adjacent to an activating group) is 1. The van der Waals surface area contributed by atoms with Crippen LogP contribution < -0.4 is 15.2 Å². The molecule has 6 heteroatoms. The summed E-state index contributed by atoms with van der Waals surface area (Å²) in [5, 5.41) is 0. The normalized spacial score (nSPS) is 13.3. The quantitative estimate of drug-likeness (QED) is 0.872. The number of rotatable bonds is 6. The number of amides is 2. The average Bonchev–Trinajstić information content (AvgIpc) is 3.08. The van der Waals surface area contributed by atoms with Crippen LogP contribution in [0.25, 0.3) is 0 Å². The van der Waals surface area contributed by atoms with Crippen LogP contribution in [-0.4, -0.2) is 36.6 Å². The summed E-state index contributed by atoms with van der Waals surface area (Å²) in [7, 11) is 1.68. The van der Waals surface area contributed by atoms with Gasteiger partial charge in [-0.2, -0.15) is 0 Å². The van der Waals surface area contributed by atoms with Crippen LogP contribution in [0.3, 0.4) is 0 Å². The topological polar surface area (TPSA) is 81.9 Å². The van der Waals surface area contributed by atoms with Crippen molar-refractivity contribution < 1.29 is 19.1 Å². The summed E-state index contributed by atoms with van der Waals surface area (Å²) in [6.07, 6.45) is 0.651. The van der Waals surface area contributed by atoms with Gasteiger partial charge in [0.2, 0.25) is 12.7 Å². The third kappa shape index (κ3) is 3.91.